The van der Waals surface area contributed by atoms with Crippen LogP contribution < -0.4 is 0 Å². The van der Waals surface area contributed by atoms with Gasteiger partial charge in [-0.15, -0.1) is 0 Å². The van der Waals surface area contributed by atoms with Crippen LogP contribution in [0.25, 0.3) is 0 Å². The minimum Gasteiger partial charge on any atom is -0.507 e. The van der Waals surface area contributed by atoms with E-state index in [1.165, 1.54) is 0 Å². The lowest BCUT2D eigenvalue weighted by Gasteiger charge is -2.09. The number of aliphatic imine (C=N–C) groups is 2. The zero-order valence-corrected chi connectivity index (χ0v) is 17.0. The number of aromatic hydroxyl groups is 2. The molecule has 2 N–H and O–H groups in total. The summed E-state index contributed by atoms with van der Waals surface area (Å²) in [6.07, 6.45) is 9.29. The highest BCUT2D eigenvalue weighted by Gasteiger charge is 2.08. The molecule has 4 heteroatoms. The van der Waals surface area contributed by atoms with Crippen LogP contribution in [0.5, 0.6) is 11.5 Å². The third kappa shape index (κ3) is 4.60. The molecule has 0 atom stereocenters. The van der Waals surface area contributed by atoms with Crippen LogP contribution in [0, 0.1) is 0 Å². The van der Waals surface area contributed by atoms with Crippen molar-refractivity contribution in [1.29, 1.82) is 0 Å². The first-order valence-corrected chi connectivity index (χ1v) is 10.5. The average molecular weight is 399 g/mol. The zero-order chi connectivity index (χ0) is 20.8. The van der Waals surface area contributed by atoms with Gasteiger partial charge in [0.25, 0.3) is 0 Å². The van der Waals surface area contributed by atoms with Crippen LogP contribution in [0.2, 0.25) is 0 Å². The maximum Gasteiger partial charge on any atom is 0.127 e. The third-order valence-corrected chi connectivity index (χ3v) is 5.51. The van der Waals surface area contributed by atoms with Gasteiger partial charge in [0, 0.05) is 23.6 Å². The number of rotatable bonds is 0. The quantitative estimate of drug-likeness (QED) is 0.469. The summed E-state index contributed by atoms with van der Waals surface area (Å²) in [4.78, 5) is 9.15. The largest absolute Gasteiger partial charge is 0.507 e. The van der Waals surface area contributed by atoms with E-state index in [1.807, 2.05) is 60.7 Å². The smallest absolute Gasteiger partial charge is 0.127 e. The molecule has 0 radical (unpaired) electrons. The van der Waals surface area contributed by atoms with Crippen molar-refractivity contribution in [2.24, 2.45) is 9.98 Å². The highest BCUT2D eigenvalue weighted by Crippen LogP contribution is 2.30. The number of benzene rings is 3. The van der Waals surface area contributed by atoms with Crippen molar-refractivity contribution in [3.05, 3.63) is 82.9 Å². The number of aryl methyl sites for hydroxylation is 2. The van der Waals surface area contributed by atoms with Gasteiger partial charge in [0.05, 0.1) is 11.4 Å². The molecule has 1 aliphatic rings. The van der Waals surface area contributed by atoms with Crippen molar-refractivity contribution in [2.75, 3.05) is 0 Å². The molecular formula is C26H26N2O2. The fraction of sp³-hybridized carbons (Fsp3) is 0.231. The van der Waals surface area contributed by atoms with E-state index < -0.39 is 0 Å². The van der Waals surface area contributed by atoms with Gasteiger partial charge in [-0.1, -0.05) is 49.2 Å². The van der Waals surface area contributed by atoms with E-state index in [0.29, 0.717) is 34.0 Å². The van der Waals surface area contributed by atoms with Crippen LogP contribution in [0.3, 0.4) is 0 Å². The van der Waals surface area contributed by atoms with Crippen molar-refractivity contribution in [3.63, 3.8) is 0 Å². The Morgan fingerprint density at radius 3 is 1.47 bits per heavy atom. The van der Waals surface area contributed by atoms with E-state index in [9.17, 15) is 10.2 Å². The Hall–Kier alpha value is -3.40. The number of nitrogens with zero attached hydrogens (tertiary/aromatic N) is 2. The molecule has 4 nitrogen and oxygen atoms in total. The number of phenolic OH excluding ortho intramolecular Hbond substituents is 2. The molecule has 3 aromatic rings. The topological polar surface area (TPSA) is 65.2 Å². The second kappa shape index (κ2) is 9.40. The predicted octanol–water partition coefficient (Wildman–Crippen LogP) is 6.26. The van der Waals surface area contributed by atoms with Gasteiger partial charge in [0.1, 0.15) is 11.5 Å². The standard InChI is InChI=1S/C26H26N2O2/c29-25-19-9-3-1-2-4-10-20-12-8-14-22(26(20)30)18-28-24-16-6-5-15-23(24)27-17-21(25)13-7-11-19/h5-8,11-18,29-30H,1-4,9-10H2. The van der Waals surface area contributed by atoms with Gasteiger partial charge in [-0.2, -0.15) is 0 Å². The van der Waals surface area contributed by atoms with Crippen molar-refractivity contribution >= 4 is 23.8 Å². The SMILES string of the molecule is Oc1c2cccc1CCCCCCc1cccc(c1O)C=Nc1ccccc1N=C2. The normalized spacial score (nSPS) is 14.5. The molecule has 0 aromatic heterocycles. The van der Waals surface area contributed by atoms with Gasteiger partial charge in [-0.05, 0) is 61.1 Å². The van der Waals surface area contributed by atoms with Crippen molar-refractivity contribution < 1.29 is 10.2 Å². The van der Waals surface area contributed by atoms with E-state index in [-0.39, 0.29) is 0 Å². The zero-order valence-electron chi connectivity index (χ0n) is 17.0. The number of hydrogen-bond acceptors (Lipinski definition) is 4. The average Bonchev–Trinajstić information content (AvgIpc) is 2.76. The van der Waals surface area contributed by atoms with Gasteiger partial charge >= 0.3 is 0 Å². The number of fused-ring (bicyclic) bond motifs is 5. The maximum absolute atomic E-state index is 10.7. The Morgan fingerprint density at radius 1 is 0.533 bits per heavy atom. The lowest BCUT2D eigenvalue weighted by molar-refractivity contribution is 0.463. The summed E-state index contributed by atoms with van der Waals surface area (Å²) in [5.74, 6) is 0.617. The maximum atomic E-state index is 10.7. The minimum absolute atomic E-state index is 0.309. The molecule has 0 saturated carbocycles. The van der Waals surface area contributed by atoms with Crippen LogP contribution in [0.1, 0.15) is 47.9 Å². The summed E-state index contributed by atoms with van der Waals surface area (Å²) >= 11 is 0. The summed E-state index contributed by atoms with van der Waals surface area (Å²) in [5.41, 5.74) is 4.73. The van der Waals surface area contributed by atoms with Gasteiger partial charge in [-0.25, -0.2) is 0 Å². The number of phenols is 2. The molecule has 0 aliphatic carbocycles. The molecule has 30 heavy (non-hydrogen) atoms. The van der Waals surface area contributed by atoms with Crippen LogP contribution in [-0.2, 0) is 12.8 Å². The monoisotopic (exact) mass is 398 g/mol. The number of hydrogen-bond donors (Lipinski definition) is 2. The summed E-state index contributed by atoms with van der Waals surface area (Å²) in [5, 5.41) is 21.3. The molecule has 152 valence electrons. The Balaban J connectivity index is 1.73. The Bertz CT molecular complexity index is 1000. The molecule has 4 bridgehead atoms. The molecule has 3 aromatic carbocycles. The first-order valence-electron chi connectivity index (χ1n) is 10.5. The summed E-state index contributed by atoms with van der Waals surface area (Å²) in [6.45, 7) is 0. The summed E-state index contributed by atoms with van der Waals surface area (Å²) in [6, 6.07) is 19.2. The predicted molar refractivity (Wildman–Crippen MR) is 123 cm³/mol. The van der Waals surface area contributed by atoms with E-state index in [0.717, 1.165) is 49.7 Å². The second-order valence-corrected chi connectivity index (χ2v) is 7.63. The van der Waals surface area contributed by atoms with Gasteiger partial charge in [-0.3, -0.25) is 9.98 Å². The molecule has 0 amide bonds. The highest BCUT2D eigenvalue weighted by molar-refractivity contribution is 5.89. The molecule has 0 saturated heterocycles. The Labute approximate surface area is 177 Å². The van der Waals surface area contributed by atoms with Crippen LogP contribution in [0.15, 0.2) is 70.6 Å². The fourth-order valence-corrected chi connectivity index (χ4v) is 3.78. The summed E-state index contributed by atoms with van der Waals surface area (Å²) in [7, 11) is 0. The van der Waals surface area contributed by atoms with Gasteiger partial charge in [0.15, 0.2) is 0 Å². The Morgan fingerprint density at radius 2 is 1.00 bits per heavy atom. The minimum atomic E-state index is 0.309. The van der Waals surface area contributed by atoms with E-state index >= 15 is 0 Å². The molecular weight excluding hydrogens is 372 g/mol. The van der Waals surface area contributed by atoms with E-state index in [1.54, 1.807) is 12.4 Å². The lowest BCUT2D eigenvalue weighted by atomic mass is 10.00. The van der Waals surface area contributed by atoms with Crippen LogP contribution >= 0.6 is 0 Å². The molecule has 1 heterocycles. The summed E-state index contributed by atoms with van der Waals surface area (Å²) < 4.78 is 0. The van der Waals surface area contributed by atoms with E-state index in [2.05, 4.69) is 9.98 Å². The number of para-hydroxylation sites is 4. The Kier molecular flexibility index (Phi) is 6.23. The first kappa shape index (κ1) is 19.9. The van der Waals surface area contributed by atoms with Gasteiger partial charge in [0.2, 0.25) is 0 Å². The van der Waals surface area contributed by atoms with Crippen LogP contribution in [0.4, 0.5) is 11.4 Å². The van der Waals surface area contributed by atoms with Crippen molar-refractivity contribution in [2.45, 2.75) is 38.5 Å². The molecule has 1 aliphatic heterocycles. The van der Waals surface area contributed by atoms with Crippen LogP contribution in [-0.4, -0.2) is 22.6 Å². The third-order valence-electron chi connectivity index (χ3n) is 5.51. The molecule has 0 fully saturated rings. The molecule has 4 rings (SSSR count). The van der Waals surface area contributed by atoms with Gasteiger partial charge < -0.3 is 10.2 Å². The van der Waals surface area contributed by atoms with Crippen molar-refractivity contribution in [3.8, 4) is 11.5 Å². The first-order chi connectivity index (χ1) is 14.7. The second-order valence-electron chi connectivity index (χ2n) is 7.63. The highest BCUT2D eigenvalue weighted by atomic mass is 16.3. The molecule has 0 spiro atoms. The molecule has 0 unspecified atom stereocenters. The van der Waals surface area contributed by atoms with Crippen molar-refractivity contribution in [1.82, 2.24) is 0 Å². The fourth-order valence-electron chi connectivity index (χ4n) is 3.78. The van der Waals surface area contributed by atoms with E-state index in [4.69, 9.17) is 0 Å². The lowest BCUT2D eigenvalue weighted by Crippen LogP contribution is -1.93.